The van der Waals surface area contributed by atoms with Crippen molar-refractivity contribution in [1.82, 2.24) is 4.98 Å². The minimum Gasteiger partial charge on any atom is -0.478 e. The number of ketones is 1. The number of carboxylic acid groups (broad SMARTS) is 2. The van der Waals surface area contributed by atoms with Crippen molar-refractivity contribution < 1.29 is 24.6 Å². The molecule has 0 bridgehead atoms. The van der Waals surface area contributed by atoms with Gasteiger partial charge in [-0.25, -0.2) is 9.59 Å². The van der Waals surface area contributed by atoms with Gasteiger partial charge in [-0.05, 0) is 17.5 Å². The standard InChI is InChI=1S/C21H13NO5/c23-19(16-10-22-18-12(16)6-3-9-15(18)21(26)27)13-7-1-4-11-5-2-8-14(17(11)13)20(24)25/h1-10,22H,(H,24,25)(H,26,27). The monoisotopic (exact) mass is 359 g/mol. The molecule has 3 aromatic carbocycles. The average Bonchev–Trinajstić information content (AvgIpc) is 3.10. The maximum atomic E-state index is 13.2. The van der Waals surface area contributed by atoms with Gasteiger partial charge in [0.25, 0.3) is 0 Å². The first-order valence-electron chi connectivity index (χ1n) is 8.12. The highest BCUT2D eigenvalue weighted by Gasteiger charge is 2.21. The van der Waals surface area contributed by atoms with E-state index in [1.165, 1.54) is 18.3 Å². The van der Waals surface area contributed by atoms with Gasteiger partial charge in [0.1, 0.15) is 0 Å². The van der Waals surface area contributed by atoms with E-state index in [2.05, 4.69) is 4.98 Å². The summed E-state index contributed by atoms with van der Waals surface area (Å²) < 4.78 is 0. The molecule has 0 aliphatic heterocycles. The fourth-order valence-electron chi connectivity index (χ4n) is 3.37. The first-order chi connectivity index (χ1) is 13.0. The Bertz CT molecular complexity index is 1250. The van der Waals surface area contributed by atoms with E-state index in [4.69, 9.17) is 0 Å². The van der Waals surface area contributed by atoms with Crippen LogP contribution in [0.5, 0.6) is 0 Å². The molecule has 0 aliphatic rings. The van der Waals surface area contributed by atoms with Gasteiger partial charge >= 0.3 is 11.9 Å². The number of nitrogens with one attached hydrogen (secondary N) is 1. The molecule has 6 nitrogen and oxygen atoms in total. The molecule has 0 atom stereocenters. The second kappa shape index (κ2) is 6.10. The predicted octanol–water partition coefficient (Wildman–Crippen LogP) is 3.95. The summed E-state index contributed by atoms with van der Waals surface area (Å²) in [6.07, 6.45) is 1.46. The van der Waals surface area contributed by atoms with Gasteiger partial charge in [0.2, 0.25) is 0 Å². The Morgan fingerprint density at radius 2 is 1.30 bits per heavy atom. The molecule has 1 heterocycles. The maximum Gasteiger partial charge on any atom is 0.337 e. The van der Waals surface area contributed by atoms with Crippen molar-refractivity contribution in [3.05, 3.63) is 83.0 Å². The van der Waals surface area contributed by atoms with Gasteiger partial charge in [0.05, 0.1) is 16.6 Å². The molecule has 0 aliphatic carbocycles. The molecule has 132 valence electrons. The Hall–Kier alpha value is -3.93. The molecule has 0 saturated heterocycles. The smallest absolute Gasteiger partial charge is 0.337 e. The molecule has 0 unspecified atom stereocenters. The Labute approximate surface area is 152 Å². The van der Waals surface area contributed by atoms with Crippen LogP contribution in [0.2, 0.25) is 0 Å². The van der Waals surface area contributed by atoms with E-state index in [0.29, 0.717) is 27.2 Å². The number of carboxylic acids is 2. The van der Waals surface area contributed by atoms with Crippen LogP contribution in [0.1, 0.15) is 36.6 Å². The average molecular weight is 359 g/mol. The zero-order valence-corrected chi connectivity index (χ0v) is 13.9. The van der Waals surface area contributed by atoms with Gasteiger partial charge in [0.15, 0.2) is 5.78 Å². The lowest BCUT2D eigenvalue weighted by atomic mass is 9.93. The van der Waals surface area contributed by atoms with E-state index in [0.717, 1.165) is 0 Å². The van der Waals surface area contributed by atoms with E-state index in [1.54, 1.807) is 42.5 Å². The lowest BCUT2D eigenvalue weighted by Gasteiger charge is -2.08. The molecule has 0 amide bonds. The Balaban J connectivity index is 1.97. The molecule has 4 aromatic rings. The topological polar surface area (TPSA) is 107 Å². The first kappa shape index (κ1) is 16.5. The summed E-state index contributed by atoms with van der Waals surface area (Å²) in [7, 11) is 0. The summed E-state index contributed by atoms with van der Waals surface area (Å²) in [6.45, 7) is 0. The molecule has 0 radical (unpaired) electrons. The van der Waals surface area contributed by atoms with Crippen molar-refractivity contribution in [2.75, 3.05) is 0 Å². The normalized spacial score (nSPS) is 11.0. The second-order valence-electron chi connectivity index (χ2n) is 6.08. The SMILES string of the molecule is O=C(O)c1cccc2c(C(=O)c3cccc4cccc(C(=O)O)c34)c[nH]c12. The van der Waals surface area contributed by atoms with E-state index >= 15 is 0 Å². The van der Waals surface area contributed by atoms with Gasteiger partial charge in [-0.2, -0.15) is 0 Å². The highest BCUT2D eigenvalue weighted by Crippen LogP contribution is 2.29. The zero-order chi connectivity index (χ0) is 19.1. The maximum absolute atomic E-state index is 13.2. The van der Waals surface area contributed by atoms with E-state index in [-0.39, 0.29) is 22.5 Å². The number of H-pyrrole nitrogens is 1. The number of carbonyl (C=O) groups is 3. The number of benzene rings is 3. The van der Waals surface area contributed by atoms with E-state index in [9.17, 15) is 24.6 Å². The van der Waals surface area contributed by atoms with Crippen LogP contribution in [-0.2, 0) is 0 Å². The summed E-state index contributed by atoms with van der Waals surface area (Å²) in [4.78, 5) is 39.1. The van der Waals surface area contributed by atoms with E-state index in [1.807, 2.05) is 0 Å². The van der Waals surface area contributed by atoms with Crippen LogP contribution in [0.25, 0.3) is 21.7 Å². The van der Waals surface area contributed by atoms with Crippen molar-refractivity contribution in [1.29, 1.82) is 0 Å². The molecule has 1 aromatic heterocycles. The molecule has 3 N–H and O–H groups in total. The second-order valence-corrected chi connectivity index (χ2v) is 6.08. The van der Waals surface area contributed by atoms with Crippen molar-refractivity contribution in [3.63, 3.8) is 0 Å². The number of carbonyl (C=O) groups excluding carboxylic acids is 1. The van der Waals surface area contributed by atoms with Crippen LogP contribution >= 0.6 is 0 Å². The largest absolute Gasteiger partial charge is 0.478 e. The highest BCUT2D eigenvalue weighted by molar-refractivity contribution is 6.24. The Morgan fingerprint density at radius 3 is 1.96 bits per heavy atom. The summed E-state index contributed by atoms with van der Waals surface area (Å²) in [5, 5.41) is 20.3. The fourth-order valence-corrected chi connectivity index (χ4v) is 3.37. The minimum atomic E-state index is -1.12. The van der Waals surface area contributed by atoms with Crippen molar-refractivity contribution in [2.45, 2.75) is 0 Å². The number of hydrogen-bond acceptors (Lipinski definition) is 3. The van der Waals surface area contributed by atoms with Crippen molar-refractivity contribution in [2.24, 2.45) is 0 Å². The Morgan fingerprint density at radius 1 is 0.704 bits per heavy atom. The molecular formula is C21H13NO5. The van der Waals surface area contributed by atoms with Gasteiger partial charge in [-0.3, -0.25) is 4.79 Å². The lowest BCUT2D eigenvalue weighted by molar-refractivity contribution is 0.0688. The number of fused-ring (bicyclic) bond motifs is 2. The molecule has 27 heavy (non-hydrogen) atoms. The van der Waals surface area contributed by atoms with Crippen LogP contribution in [0.3, 0.4) is 0 Å². The molecular weight excluding hydrogens is 346 g/mol. The van der Waals surface area contributed by atoms with Crippen LogP contribution in [0.15, 0.2) is 60.8 Å². The van der Waals surface area contributed by atoms with Crippen molar-refractivity contribution in [3.8, 4) is 0 Å². The summed E-state index contributed by atoms with van der Waals surface area (Å²) in [6, 6.07) is 14.5. The molecule has 6 heteroatoms. The fraction of sp³-hybridized carbons (Fsp3) is 0. The van der Waals surface area contributed by atoms with Gasteiger partial charge in [-0.15, -0.1) is 0 Å². The Kier molecular flexibility index (Phi) is 3.74. The predicted molar refractivity (Wildman–Crippen MR) is 99.6 cm³/mol. The van der Waals surface area contributed by atoms with Gasteiger partial charge in [0, 0.05) is 28.1 Å². The van der Waals surface area contributed by atoms with Crippen molar-refractivity contribution >= 4 is 39.4 Å². The van der Waals surface area contributed by atoms with Gasteiger partial charge < -0.3 is 15.2 Å². The number of aromatic carboxylic acids is 2. The first-order valence-corrected chi connectivity index (χ1v) is 8.12. The van der Waals surface area contributed by atoms with Crippen LogP contribution in [-0.4, -0.2) is 32.9 Å². The molecule has 0 fully saturated rings. The highest BCUT2D eigenvalue weighted by atomic mass is 16.4. The summed E-state index contributed by atoms with van der Waals surface area (Å²) in [5.41, 5.74) is 1.01. The molecule has 0 spiro atoms. The molecule has 4 rings (SSSR count). The van der Waals surface area contributed by atoms with Crippen LogP contribution < -0.4 is 0 Å². The third-order valence-electron chi connectivity index (χ3n) is 4.57. The van der Waals surface area contributed by atoms with E-state index < -0.39 is 11.9 Å². The third-order valence-corrected chi connectivity index (χ3v) is 4.57. The van der Waals surface area contributed by atoms with Gasteiger partial charge in [-0.1, -0.05) is 42.5 Å². The minimum absolute atomic E-state index is 0.0440. The number of aromatic amines is 1. The van der Waals surface area contributed by atoms with Crippen LogP contribution in [0.4, 0.5) is 0 Å². The summed E-state index contributed by atoms with van der Waals surface area (Å²) in [5.74, 6) is -2.59. The zero-order valence-electron chi connectivity index (χ0n) is 13.9. The quantitative estimate of drug-likeness (QED) is 0.478. The van der Waals surface area contributed by atoms with Crippen LogP contribution in [0, 0.1) is 0 Å². The lowest BCUT2D eigenvalue weighted by Crippen LogP contribution is -2.06. The third kappa shape index (κ3) is 2.55. The number of hydrogen-bond donors (Lipinski definition) is 3. The molecule has 0 saturated carbocycles. The number of rotatable bonds is 4. The number of para-hydroxylation sites is 1. The number of aromatic nitrogens is 1. The summed E-state index contributed by atoms with van der Waals surface area (Å²) >= 11 is 0.